The fourth-order valence-corrected chi connectivity index (χ4v) is 4.71. The highest BCUT2D eigenvalue weighted by atomic mass is 16.5. The Hall–Kier alpha value is -3.34. The smallest absolute Gasteiger partial charge is 0.316 e. The molecule has 0 fully saturated rings. The third kappa shape index (κ3) is 4.33. The van der Waals surface area contributed by atoms with Gasteiger partial charge in [-0.2, -0.15) is 0 Å². The van der Waals surface area contributed by atoms with Crippen LogP contribution in [-0.2, 0) is 20.9 Å². The van der Waals surface area contributed by atoms with Crippen molar-refractivity contribution >= 4 is 11.8 Å². The van der Waals surface area contributed by atoms with Gasteiger partial charge in [0.15, 0.2) is 5.78 Å². The molecule has 0 saturated heterocycles. The maximum atomic E-state index is 13.3. The number of methoxy groups -OCH3 is 1. The minimum Gasteiger partial charge on any atom is -0.497 e. The van der Waals surface area contributed by atoms with Crippen molar-refractivity contribution in [3.05, 3.63) is 89.3 Å². The van der Waals surface area contributed by atoms with E-state index in [0.29, 0.717) is 17.7 Å². The number of carbonyl (C=O) groups excluding carboxylic acids is 2. The number of carbonyl (C=O) groups is 2. The first-order valence-electron chi connectivity index (χ1n) is 10.9. The van der Waals surface area contributed by atoms with Crippen molar-refractivity contribution in [3.8, 4) is 5.75 Å². The molecule has 1 N–H and O–H groups in total. The van der Waals surface area contributed by atoms with E-state index in [2.05, 4.69) is 25.7 Å². The van der Waals surface area contributed by atoms with Gasteiger partial charge < -0.3 is 14.8 Å². The van der Waals surface area contributed by atoms with E-state index in [1.165, 1.54) is 0 Å². The number of esters is 1. The van der Waals surface area contributed by atoms with E-state index in [-0.39, 0.29) is 17.8 Å². The van der Waals surface area contributed by atoms with Crippen LogP contribution in [0.3, 0.4) is 0 Å². The van der Waals surface area contributed by atoms with Crippen LogP contribution in [0, 0.1) is 11.3 Å². The van der Waals surface area contributed by atoms with Crippen LogP contribution in [0.25, 0.3) is 0 Å². The molecule has 2 atom stereocenters. The molecule has 166 valence electrons. The summed E-state index contributed by atoms with van der Waals surface area (Å²) >= 11 is 0. The van der Waals surface area contributed by atoms with Crippen molar-refractivity contribution in [2.75, 3.05) is 7.11 Å². The minimum atomic E-state index is -0.681. The molecule has 5 nitrogen and oxygen atoms in total. The lowest BCUT2D eigenvalue weighted by Gasteiger charge is -2.42. The zero-order valence-electron chi connectivity index (χ0n) is 18.8. The van der Waals surface area contributed by atoms with Crippen LogP contribution < -0.4 is 10.1 Å². The Bertz CT molecular complexity index is 1070. The van der Waals surface area contributed by atoms with Gasteiger partial charge in [0.05, 0.1) is 7.11 Å². The number of benzene rings is 2. The summed E-state index contributed by atoms with van der Waals surface area (Å²) in [5, 5.41) is 3.30. The zero-order valence-corrected chi connectivity index (χ0v) is 18.8. The van der Waals surface area contributed by atoms with Gasteiger partial charge in [-0.05, 0) is 35.1 Å². The van der Waals surface area contributed by atoms with Crippen LogP contribution in [0.2, 0.25) is 0 Å². The van der Waals surface area contributed by atoms with Gasteiger partial charge in [0.25, 0.3) is 0 Å². The van der Waals surface area contributed by atoms with E-state index in [0.717, 1.165) is 29.0 Å². The fraction of sp³-hybridized carbons (Fsp3) is 0.333. The summed E-state index contributed by atoms with van der Waals surface area (Å²) in [5.74, 6) is -0.659. The molecule has 0 bridgehead atoms. The molecule has 2 aliphatic rings. The molecule has 0 spiro atoms. The number of ketones is 1. The highest BCUT2D eigenvalue weighted by Crippen LogP contribution is 2.48. The highest BCUT2D eigenvalue weighted by molar-refractivity contribution is 6.00. The monoisotopic (exact) mass is 431 g/mol. The molecule has 1 heterocycles. The molecule has 0 aromatic heterocycles. The molecule has 2 unspecified atom stereocenters. The van der Waals surface area contributed by atoms with Crippen molar-refractivity contribution in [3.63, 3.8) is 0 Å². The van der Waals surface area contributed by atoms with Gasteiger partial charge in [-0.15, -0.1) is 0 Å². The van der Waals surface area contributed by atoms with Crippen molar-refractivity contribution in [2.45, 2.75) is 39.2 Å². The molecule has 4 rings (SSSR count). The molecule has 5 heteroatoms. The lowest BCUT2D eigenvalue weighted by atomic mass is 9.66. The number of hydrogen-bond acceptors (Lipinski definition) is 5. The number of rotatable bonds is 5. The number of nitrogens with one attached hydrogen (secondary N) is 1. The molecule has 1 aliphatic heterocycles. The first-order valence-corrected chi connectivity index (χ1v) is 10.9. The Labute approximate surface area is 189 Å². The quantitative estimate of drug-likeness (QED) is 0.683. The normalized spacial score (nSPS) is 22.1. The standard InChI is InChI=1S/C27H29NO4/c1-17-23(26(30)32-16-18-10-12-20(31-4)13-11-18)24(19-8-6-5-7-9-19)25-21(28-17)14-27(2,3)15-22(25)29/h5-13,23-24,28H,1,14-16H2,2-4H3. The first kappa shape index (κ1) is 21.9. The predicted molar refractivity (Wildman–Crippen MR) is 123 cm³/mol. The maximum Gasteiger partial charge on any atom is 0.316 e. The van der Waals surface area contributed by atoms with Gasteiger partial charge in [-0.3, -0.25) is 9.59 Å². The topological polar surface area (TPSA) is 64.6 Å². The average molecular weight is 432 g/mol. The fourth-order valence-electron chi connectivity index (χ4n) is 4.71. The lowest BCUT2D eigenvalue weighted by molar-refractivity contribution is -0.149. The van der Waals surface area contributed by atoms with E-state index < -0.39 is 17.8 Å². The van der Waals surface area contributed by atoms with Crippen molar-refractivity contribution in [1.29, 1.82) is 0 Å². The van der Waals surface area contributed by atoms with Gasteiger partial charge in [0.2, 0.25) is 0 Å². The van der Waals surface area contributed by atoms with Crippen LogP contribution in [0.1, 0.15) is 43.7 Å². The Kier molecular flexibility index (Phi) is 5.92. The number of Topliss-reactive ketones (excluding diaryl/α,β-unsaturated/α-hetero) is 1. The summed E-state index contributed by atoms with van der Waals surface area (Å²) in [6.07, 6.45) is 1.20. The molecule has 0 radical (unpaired) electrons. The Balaban J connectivity index is 1.65. The van der Waals surface area contributed by atoms with Crippen LogP contribution >= 0.6 is 0 Å². The van der Waals surface area contributed by atoms with Gasteiger partial charge >= 0.3 is 5.97 Å². The van der Waals surface area contributed by atoms with Crippen LogP contribution in [-0.4, -0.2) is 18.9 Å². The minimum absolute atomic E-state index is 0.0815. The number of hydrogen-bond donors (Lipinski definition) is 1. The van der Waals surface area contributed by atoms with Crippen LogP contribution in [0.15, 0.2) is 78.1 Å². The van der Waals surface area contributed by atoms with E-state index in [1.807, 2.05) is 54.6 Å². The number of ether oxygens (including phenoxy) is 2. The molecular formula is C27H29NO4. The van der Waals surface area contributed by atoms with Gasteiger partial charge in [-0.25, -0.2) is 0 Å². The van der Waals surface area contributed by atoms with Crippen LogP contribution in [0.4, 0.5) is 0 Å². The third-order valence-electron chi connectivity index (χ3n) is 6.20. The van der Waals surface area contributed by atoms with E-state index in [1.54, 1.807) is 7.11 Å². The summed E-state index contributed by atoms with van der Waals surface area (Å²) in [4.78, 5) is 26.6. The molecule has 2 aromatic carbocycles. The summed E-state index contributed by atoms with van der Waals surface area (Å²) in [7, 11) is 1.61. The Morgan fingerprint density at radius 1 is 1.09 bits per heavy atom. The second kappa shape index (κ2) is 8.65. The first-order chi connectivity index (χ1) is 15.3. The van der Waals surface area contributed by atoms with Gasteiger partial charge in [0.1, 0.15) is 18.3 Å². The van der Waals surface area contributed by atoms with E-state index >= 15 is 0 Å². The summed E-state index contributed by atoms with van der Waals surface area (Å²) < 4.78 is 10.9. The summed E-state index contributed by atoms with van der Waals surface area (Å²) in [6.45, 7) is 8.48. The molecular weight excluding hydrogens is 402 g/mol. The third-order valence-corrected chi connectivity index (χ3v) is 6.20. The highest BCUT2D eigenvalue weighted by Gasteiger charge is 2.46. The van der Waals surface area contributed by atoms with Crippen molar-refractivity contribution in [2.24, 2.45) is 11.3 Å². The molecule has 2 aromatic rings. The Morgan fingerprint density at radius 2 is 1.78 bits per heavy atom. The van der Waals surface area contributed by atoms with E-state index in [4.69, 9.17) is 9.47 Å². The molecule has 1 aliphatic carbocycles. The maximum absolute atomic E-state index is 13.3. The molecule has 0 amide bonds. The van der Waals surface area contributed by atoms with Crippen LogP contribution in [0.5, 0.6) is 5.75 Å². The van der Waals surface area contributed by atoms with Crippen molar-refractivity contribution in [1.82, 2.24) is 5.32 Å². The van der Waals surface area contributed by atoms with Gasteiger partial charge in [-0.1, -0.05) is 62.9 Å². The van der Waals surface area contributed by atoms with Gasteiger partial charge in [0, 0.05) is 29.3 Å². The summed E-state index contributed by atoms with van der Waals surface area (Å²) in [5.41, 5.74) is 3.79. The van der Waals surface area contributed by atoms with E-state index in [9.17, 15) is 9.59 Å². The Morgan fingerprint density at radius 3 is 2.44 bits per heavy atom. The largest absolute Gasteiger partial charge is 0.497 e. The second-order valence-electron chi connectivity index (χ2n) is 9.31. The lowest BCUT2D eigenvalue weighted by Crippen LogP contribution is -2.43. The molecule has 0 saturated carbocycles. The average Bonchev–Trinajstić information content (AvgIpc) is 2.76. The SMILES string of the molecule is C=C1NC2=C(C(=O)CC(C)(C)C2)C(c2ccccc2)C1C(=O)OCc1ccc(OC)cc1. The summed E-state index contributed by atoms with van der Waals surface area (Å²) in [6, 6.07) is 17.1. The second-order valence-corrected chi connectivity index (χ2v) is 9.31. The molecule has 32 heavy (non-hydrogen) atoms. The number of allylic oxidation sites excluding steroid dienone is 2. The zero-order chi connectivity index (χ0) is 22.9. The predicted octanol–water partition coefficient (Wildman–Crippen LogP) is 4.90. The van der Waals surface area contributed by atoms with Crippen molar-refractivity contribution < 1.29 is 19.1 Å².